The predicted molar refractivity (Wildman–Crippen MR) is 166 cm³/mol. The van der Waals surface area contributed by atoms with Gasteiger partial charge in [-0.2, -0.15) is 0 Å². The first-order chi connectivity index (χ1) is 19.3. The van der Waals surface area contributed by atoms with E-state index in [-0.39, 0.29) is 17.9 Å². The zero-order chi connectivity index (χ0) is 28.0. The minimum absolute atomic E-state index is 0.0975. The van der Waals surface area contributed by atoms with Crippen LogP contribution in [-0.2, 0) is 0 Å². The van der Waals surface area contributed by atoms with E-state index < -0.39 is 0 Å². The van der Waals surface area contributed by atoms with Gasteiger partial charge in [0, 0.05) is 44.4 Å². The van der Waals surface area contributed by atoms with Crippen molar-refractivity contribution in [3.05, 3.63) is 104 Å². The lowest BCUT2D eigenvalue weighted by atomic mass is 9.97. The molecule has 1 atom stereocenters. The highest BCUT2D eigenvalue weighted by molar-refractivity contribution is 7.21. The molecule has 0 fully saturated rings. The van der Waals surface area contributed by atoms with E-state index in [9.17, 15) is 4.79 Å². The highest BCUT2D eigenvalue weighted by atomic mass is 35.5. The number of hydrogen-bond acceptors (Lipinski definition) is 4. The van der Waals surface area contributed by atoms with Crippen LogP contribution < -0.4 is 10.1 Å². The van der Waals surface area contributed by atoms with E-state index in [1.54, 1.807) is 12.3 Å². The van der Waals surface area contributed by atoms with Crippen molar-refractivity contribution >= 4 is 62.3 Å². The lowest BCUT2D eigenvalue weighted by Gasteiger charge is -2.26. The van der Waals surface area contributed by atoms with Gasteiger partial charge in [0.1, 0.15) is 5.75 Å². The number of carbonyl (C=O) groups is 1. The van der Waals surface area contributed by atoms with Gasteiger partial charge in [0.25, 0.3) is 5.91 Å². The van der Waals surface area contributed by atoms with Gasteiger partial charge in [0.2, 0.25) is 0 Å². The molecule has 5 aromatic rings. The summed E-state index contributed by atoms with van der Waals surface area (Å²) in [4.78, 5) is 19.2. The Bertz CT molecular complexity index is 1740. The van der Waals surface area contributed by atoms with E-state index in [0.717, 1.165) is 49.3 Å². The van der Waals surface area contributed by atoms with Gasteiger partial charge < -0.3 is 10.1 Å². The molecule has 3 aromatic carbocycles. The van der Waals surface area contributed by atoms with Crippen molar-refractivity contribution in [1.82, 2.24) is 10.3 Å². The number of benzene rings is 3. The minimum atomic E-state index is -0.116. The number of nitrogens with one attached hydrogen (secondary N) is 1. The fraction of sp³-hybridized carbons (Fsp3) is 0.188. The van der Waals surface area contributed by atoms with Crippen LogP contribution >= 0.6 is 46.1 Å². The smallest absolute Gasteiger partial charge is 0.262 e. The first-order valence-corrected chi connectivity index (χ1v) is 14.9. The third-order valence-electron chi connectivity index (χ3n) is 7.06. The first-order valence-electron chi connectivity index (χ1n) is 13.0. The number of fused-ring (bicyclic) bond motifs is 2. The molecular weight excluding hydrogens is 583 g/mol. The summed E-state index contributed by atoms with van der Waals surface area (Å²) in [6.07, 6.45) is 2.51. The number of aromatic nitrogens is 1. The van der Waals surface area contributed by atoms with E-state index in [2.05, 4.69) is 25.2 Å². The van der Waals surface area contributed by atoms with Crippen molar-refractivity contribution in [2.24, 2.45) is 0 Å². The van der Waals surface area contributed by atoms with Crippen LogP contribution in [0.4, 0.5) is 0 Å². The molecule has 3 heterocycles. The average Bonchev–Trinajstić information content (AvgIpc) is 3.33. The Morgan fingerprint density at radius 3 is 2.38 bits per heavy atom. The average molecular weight is 608 g/mol. The summed E-state index contributed by atoms with van der Waals surface area (Å²) in [6, 6.07) is 21.0. The third-order valence-corrected chi connectivity index (χ3v) is 8.94. The number of ether oxygens (including phenoxy) is 1. The molecular formula is C32H25Cl3N2O2S. The van der Waals surface area contributed by atoms with Gasteiger partial charge >= 0.3 is 0 Å². The summed E-state index contributed by atoms with van der Waals surface area (Å²) in [5, 5.41) is 4.97. The zero-order valence-electron chi connectivity index (χ0n) is 21.8. The molecule has 0 spiro atoms. The molecule has 2 aromatic heterocycles. The highest BCUT2D eigenvalue weighted by Crippen LogP contribution is 2.42. The molecule has 0 aliphatic carbocycles. The van der Waals surface area contributed by atoms with Crippen LogP contribution in [-0.4, -0.2) is 17.5 Å². The maximum absolute atomic E-state index is 13.8. The van der Waals surface area contributed by atoms with Gasteiger partial charge in [-0.3, -0.25) is 9.78 Å². The molecule has 1 amide bonds. The quantitative estimate of drug-likeness (QED) is 0.216. The molecule has 0 unspecified atom stereocenters. The van der Waals surface area contributed by atoms with Crippen molar-refractivity contribution in [2.45, 2.75) is 32.2 Å². The van der Waals surface area contributed by atoms with Crippen molar-refractivity contribution < 1.29 is 9.53 Å². The highest BCUT2D eigenvalue weighted by Gasteiger charge is 2.28. The Morgan fingerprint density at radius 2 is 1.62 bits per heavy atom. The molecule has 4 nitrogen and oxygen atoms in total. The third kappa shape index (κ3) is 5.19. The number of rotatable bonds is 5. The van der Waals surface area contributed by atoms with Crippen LogP contribution in [0, 0.1) is 0 Å². The normalized spacial score (nSPS) is 14.7. The van der Waals surface area contributed by atoms with Crippen molar-refractivity contribution in [3.8, 4) is 28.0 Å². The van der Waals surface area contributed by atoms with E-state index in [1.807, 2.05) is 54.6 Å². The van der Waals surface area contributed by atoms with Gasteiger partial charge in [-0.1, -0.05) is 66.8 Å². The Hall–Kier alpha value is -3.09. The molecule has 202 valence electrons. The maximum Gasteiger partial charge on any atom is 0.262 e. The second kappa shape index (κ2) is 11.1. The molecule has 1 aliphatic rings. The summed E-state index contributed by atoms with van der Waals surface area (Å²) in [5.74, 6) is 0.823. The number of hydrogen-bond donors (Lipinski definition) is 1. The molecule has 0 saturated carbocycles. The second-order valence-electron chi connectivity index (χ2n) is 10.1. The predicted octanol–water partition coefficient (Wildman–Crippen LogP) is 9.97. The Morgan fingerprint density at radius 1 is 0.950 bits per heavy atom. The van der Waals surface area contributed by atoms with Gasteiger partial charge in [0.15, 0.2) is 0 Å². The number of carbonyl (C=O) groups excluding carboxylic acids is 1. The van der Waals surface area contributed by atoms with Crippen LogP contribution in [0.15, 0.2) is 72.9 Å². The topological polar surface area (TPSA) is 51.2 Å². The molecule has 6 rings (SSSR count). The second-order valence-corrected chi connectivity index (χ2v) is 12.5. The largest absolute Gasteiger partial charge is 0.493 e. The van der Waals surface area contributed by atoms with Crippen LogP contribution in [0.25, 0.3) is 32.5 Å². The van der Waals surface area contributed by atoms with Crippen LogP contribution in [0.3, 0.4) is 0 Å². The van der Waals surface area contributed by atoms with Crippen molar-refractivity contribution in [2.75, 3.05) is 6.61 Å². The van der Waals surface area contributed by atoms with E-state index in [0.29, 0.717) is 33.0 Å². The fourth-order valence-electron chi connectivity index (χ4n) is 5.29. The number of nitrogens with zero attached hydrogens (tertiary/aromatic N) is 1. The zero-order valence-corrected chi connectivity index (χ0v) is 24.9. The fourth-order valence-corrected chi connectivity index (χ4v) is 7.40. The summed E-state index contributed by atoms with van der Waals surface area (Å²) >= 11 is 20.7. The van der Waals surface area contributed by atoms with E-state index >= 15 is 0 Å². The molecule has 1 aliphatic heterocycles. The van der Waals surface area contributed by atoms with E-state index in [4.69, 9.17) is 44.5 Å². The first kappa shape index (κ1) is 27.1. The SMILES string of the molecule is CC(C)c1c(C(=O)N[C@H]2CCOc3ccccc32)sc2c(-c3cc(Cl)cc(-c4cc(Cl)cc(Cl)c4)c3)ccnc12. The number of halogens is 3. The number of para-hydroxylation sites is 1. The molecule has 1 N–H and O–H groups in total. The van der Waals surface area contributed by atoms with Crippen LogP contribution in [0.1, 0.15) is 53.0 Å². The molecule has 0 bridgehead atoms. The summed E-state index contributed by atoms with van der Waals surface area (Å²) < 4.78 is 6.74. The summed E-state index contributed by atoms with van der Waals surface area (Å²) in [6.45, 7) is 4.75. The minimum Gasteiger partial charge on any atom is -0.493 e. The van der Waals surface area contributed by atoms with E-state index in [1.165, 1.54) is 11.3 Å². The number of thiophene rings is 1. The molecule has 40 heavy (non-hydrogen) atoms. The van der Waals surface area contributed by atoms with Crippen LogP contribution in [0.5, 0.6) is 5.75 Å². The Balaban J connectivity index is 1.44. The summed E-state index contributed by atoms with van der Waals surface area (Å²) in [7, 11) is 0. The molecule has 0 radical (unpaired) electrons. The Labute approximate surface area is 251 Å². The molecule has 0 saturated heterocycles. The van der Waals surface area contributed by atoms with Crippen molar-refractivity contribution in [3.63, 3.8) is 0 Å². The van der Waals surface area contributed by atoms with Crippen LogP contribution in [0.2, 0.25) is 15.1 Å². The standard InChI is InChI=1S/C32H25Cl3N2O2S/c1-17(2)28-29-30(40-31(28)32(38)37-26-8-10-39-27-6-4-3-5-25(26)27)24(7-9-36-29)20-11-18(12-21(33)15-20)19-13-22(34)16-23(35)14-19/h3-7,9,11-17,26H,8,10H2,1-2H3,(H,37,38)/t26-/m0/s1. The monoisotopic (exact) mass is 606 g/mol. The number of amides is 1. The summed E-state index contributed by atoms with van der Waals surface area (Å²) in [5.41, 5.74) is 6.44. The molecule has 8 heteroatoms. The number of pyridine rings is 1. The van der Waals surface area contributed by atoms with Gasteiger partial charge in [-0.15, -0.1) is 11.3 Å². The Kier molecular flexibility index (Phi) is 7.49. The van der Waals surface area contributed by atoms with Gasteiger partial charge in [0.05, 0.1) is 27.7 Å². The van der Waals surface area contributed by atoms with Crippen molar-refractivity contribution in [1.29, 1.82) is 0 Å². The van der Waals surface area contributed by atoms with Gasteiger partial charge in [-0.05, 0) is 71.1 Å². The lowest BCUT2D eigenvalue weighted by Crippen LogP contribution is -2.32. The lowest BCUT2D eigenvalue weighted by molar-refractivity contribution is 0.0928. The maximum atomic E-state index is 13.8. The van der Waals surface area contributed by atoms with Gasteiger partial charge in [-0.25, -0.2) is 0 Å².